The molecule has 0 aliphatic carbocycles. The van der Waals surface area contributed by atoms with Crippen LogP contribution in [0.2, 0.25) is 0 Å². The first kappa shape index (κ1) is 8.94. The second-order valence-electron chi connectivity index (χ2n) is 2.37. The third-order valence-corrected chi connectivity index (χ3v) is 1.64. The lowest BCUT2D eigenvalue weighted by Crippen LogP contribution is -2.13. The van der Waals surface area contributed by atoms with Crippen LogP contribution in [0.3, 0.4) is 0 Å². The fourth-order valence-corrected chi connectivity index (χ4v) is 1.04. The Morgan fingerprint density at radius 1 is 1.58 bits per heavy atom. The van der Waals surface area contributed by atoms with E-state index in [2.05, 4.69) is 25.9 Å². The van der Waals surface area contributed by atoms with Crippen molar-refractivity contribution in [2.75, 3.05) is 19.0 Å². The van der Waals surface area contributed by atoms with Crippen LogP contribution in [0.25, 0.3) is 0 Å². The summed E-state index contributed by atoms with van der Waals surface area (Å²) in [6.45, 7) is 0. The van der Waals surface area contributed by atoms with Crippen LogP contribution in [-0.2, 0) is 0 Å². The van der Waals surface area contributed by atoms with Gasteiger partial charge in [0.05, 0.1) is 6.20 Å². The molecule has 0 spiro atoms. The van der Waals surface area contributed by atoms with Gasteiger partial charge in [-0.25, -0.2) is 9.97 Å². The maximum atomic E-state index is 8.69. The predicted octanol–water partition coefficient (Wildman–Crippen LogP) is 1.18. The highest BCUT2D eigenvalue weighted by Gasteiger charge is 2.06. The molecule has 1 rings (SSSR count). The van der Waals surface area contributed by atoms with Crippen molar-refractivity contribution in [2.24, 2.45) is 0 Å². The van der Waals surface area contributed by atoms with Gasteiger partial charge in [-0.05, 0) is 15.9 Å². The van der Waals surface area contributed by atoms with Crippen LogP contribution in [-0.4, -0.2) is 24.1 Å². The lowest BCUT2D eigenvalue weighted by Gasteiger charge is -2.11. The van der Waals surface area contributed by atoms with Crippen LogP contribution in [0.15, 0.2) is 10.8 Å². The van der Waals surface area contributed by atoms with Gasteiger partial charge in [-0.1, -0.05) is 0 Å². The molecule has 0 radical (unpaired) electrons. The van der Waals surface area contributed by atoms with E-state index >= 15 is 0 Å². The molecule has 0 aliphatic heterocycles. The van der Waals surface area contributed by atoms with Crippen molar-refractivity contribution in [1.29, 1.82) is 5.26 Å². The van der Waals surface area contributed by atoms with Gasteiger partial charge in [0, 0.05) is 14.1 Å². The van der Waals surface area contributed by atoms with E-state index in [-0.39, 0.29) is 0 Å². The number of anilines is 1. The molecule has 62 valence electrons. The number of aromatic nitrogens is 2. The van der Waals surface area contributed by atoms with Crippen molar-refractivity contribution in [1.82, 2.24) is 9.97 Å². The standard InChI is InChI=1S/C7H7BrN4/c1-12(2)7-5(3-9)11-6(8)4-10-7/h4H,1-2H3. The average Bonchev–Trinajstić information content (AvgIpc) is 2.03. The molecule has 5 heteroatoms. The Morgan fingerprint density at radius 2 is 2.25 bits per heavy atom. The number of halogens is 1. The molecule has 0 fully saturated rings. The van der Waals surface area contributed by atoms with Gasteiger partial charge >= 0.3 is 0 Å². The van der Waals surface area contributed by atoms with Crippen molar-refractivity contribution in [3.05, 3.63) is 16.5 Å². The minimum absolute atomic E-state index is 0.328. The van der Waals surface area contributed by atoms with E-state index in [0.717, 1.165) is 0 Å². The Bertz CT molecular complexity index is 329. The van der Waals surface area contributed by atoms with Crippen molar-refractivity contribution in [3.63, 3.8) is 0 Å². The zero-order valence-corrected chi connectivity index (χ0v) is 8.33. The molecular formula is C7H7BrN4. The molecule has 0 aliphatic rings. The fourth-order valence-electron chi connectivity index (χ4n) is 0.763. The van der Waals surface area contributed by atoms with Crippen LogP contribution in [0.4, 0.5) is 5.82 Å². The van der Waals surface area contributed by atoms with E-state index in [1.165, 1.54) is 0 Å². The van der Waals surface area contributed by atoms with Crippen LogP contribution in [0.1, 0.15) is 5.69 Å². The molecule has 0 atom stereocenters. The van der Waals surface area contributed by atoms with E-state index in [9.17, 15) is 0 Å². The molecule has 1 aromatic heterocycles. The van der Waals surface area contributed by atoms with Crippen LogP contribution in [0.5, 0.6) is 0 Å². The van der Waals surface area contributed by atoms with Crippen LogP contribution in [0, 0.1) is 11.3 Å². The van der Waals surface area contributed by atoms with Gasteiger partial charge in [0.2, 0.25) is 0 Å². The van der Waals surface area contributed by atoms with Crippen LogP contribution < -0.4 is 4.90 Å². The molecular weight excluding hydrogens is 220 g/mol. The molecule has 0 aromatic carbocycles. The van der Waals surface area contributed by atoms with Crippen molar-refractivity contribution >= 4 is 21.7 Å². The molecule has 0 amide bonds. The molecule has 0 N–H and O–H groups in total. The molecule has 12 heavy (non-hydrogen) atoms. The van der Waals surface area contributed by atoms with Gasteiger partial charge in [0.15, 0.2) is 11.5 Å². The van der Waals surface area contributed by atoms with E-state index in [4.69, 9.17) is 5.26 Å². The number of nitriles is 1. The lowest BCUT2D eigenvalue weighted by atomic mass is 10.4. The summed E-state index contributed by atoms with van der Waals surface area (Å²) < 4.78 is 0.574. The fraction of sp³-hybridized carbons (Fsp3) is 0.286. The Balaban J connectivity index is 3.23. The first-order valence-corrected chi connectivity index (χ1v) is 4.04. The zero-order chi connectivity index (χ0) is 9.14. The molecule has 1 aromatic rings. The van der Waals surface area contributed by atoms with Crippen LogP contribution >= 0.6 is 15.9 Å². The monoisotopic (exact) mass is 226 g/mol. The first-order valence-electron chi connectivity index (χ1n) is 3.25. The molecule has 0 bridgehead atoms. The molecule has 4 nitrogen and oxygen atoms in total. The quantitative estimate of drug-likeness (QED) is 0.722. The summed E-state index contributed by atoms with van der Waals surface area (Å²) in [7, 11) is 3.64. The summed E-state index contributed by atoms with van der Waals surface area (Å²) in [4.78, 5) is 9.75. The highest BCUT2D eigenvalue weighted by Crippen LogP contribution is 2.14. The smallest absolute Gasteiger partial charge is 0.184 e. The normalized spacial score (nSPS) is 9.17. The summed E-state index contributed by atoms with van der Waals surface area (Å²) in [6, 6.07) is 1.97. The number of hydrogen-bond donors (Lipinski definition) is 0. The lowest BCUT2D eigenvalue weighted by molar-refractivity contribution is 1.01. The van der Waals surface area contributed by atoms with E-state index in [1.54, 1.807) is 11.1 Å². The van der Waals surface area contributed by atoms with Gasteiger partial charge in [-0.15, -0.1) is 0 Å². The minimum atomic E-state index is 0.328. The molecule has 1 heterocycles. The maximum Gasteiger partial charge on any atom is 0.184 e. The summed E-state index contributed by atoms with van der Waals surface area (Å²) >= 11 is 3.14. The summed E-state index contributed by atoms with van der Waals surface area (Å²) in [5, 5.41) is 8.69. The van der Waals surface area contributed by atoms with Crippen molar-refractivity contribution in [3.8, 4) is 6.07 Å². The summed E-state index contributed by atoms with van der Waals surface area (Å²) in [6.07, 6.45) is 1.57. The van der Waals surface area contributed by atoms with Gasteiger partial charge in [-0.2, -0.15) is 5.26 Å². The second kappa shape index (κ2) is 3.50. The Morgan fingerprint density at radius 3 is 2.75 bits per heavy atom. The number of nitrogens with zero attached hydrogens (tertiary/aromatic N) is 4. The third-order valence-electron chi connectivity index (χ3n) is 1.25. The third kappa shape index (κ3) is 1.71. The van der Waals surface area contributed by atoms with E-state index in [0.29, 0.717) is 16.1 Å². The average molecular weight is 227 g/mol. The Kier molecular flexibility index (Phi) is 2.61. The number of hydrogen-bond acceptors (Lipinski definition) is 4. The Labute approximate surface area is 79.0 Å². The largest absolute Gasteiger partial charge is 0.360 e. The molecule has 0 saturated heterocycles. The Hall–Kier alpha value is -1.15. The van der Waals surface area contributed by atoms with Gasteiger partial charge in [-0.3, -0.25) is 0 Å². The SMILES string of the molecule is CN(C)c1ncc(Br)nc1C#N. The topological polar surface area (TPSA) is 52.8 Å². The van der Waals surface area contributed by atoms with Crippen molar-refractivity contribution in [2.45, 2.75) is 0 Å². The van der Waals surface area contributed by atoms with E-state index < -0.39 is 0 Å². The van der Waals surface area contributed by atoms with Gasteiger partial charge in [0.25, 0.3) is 0 Å². The number of rotatable bonds is 1. The highest BCUT2D eigenvalue weighted by molar-refractivity contribution is 9.10. The van der Waals surface area contributed by atoms with Gasteiger partial charge in [0.1, 0.15) is 10.7 Å². The zero-order valence-electron chi connectivity index (χ0n) is 6.74. The molecule has 0 saturated carbocycles. The first-order chi connectivity index (χ1) is 5.65. The predicted molar refractivity (Wildman–Crippen MR) is 48.8 cm³/mol. The van der Waals surface area contributed by atoms with Gasteiger partial charge < -0.3 is 4.90 Å². The summed E-state index contributed by atoms with van der Waals surface area (Å²) in [5.74, 6) is 0.584. The highest BCUT2D eigenvalue weighted by atomic mass is 79.9. The summed E-state index contributed by atoms with van der Waals surface area (Å²) in [5.41, 5.74) is 0.328. The minimum Gasteiger partial charge on any atom is -0.360 e. The molecule has 0 unspecified atom stereocenters. The second-order valence-corrected chi connectivity index (χ2v) is 3.18. The van der Waals surface area contributed by atoms with E-state index in [1.807, 2.05) is 20.2 Å². The maximum absolute atomic E-state index is 8.69. The van der Waals surface area contributed by atoms with Crippen molar-refractivity contribution < 1.29 is 0 Å².